The summed E-state index contributed by atoms with van der Waals surface area (Å²) in [5, 5.41) is 4.88. The van der Waals surface area contributed by atoms with E-state index in [1.807, 2.05) is 60.9 Å². The minimum atomic E-state index is -0.103. The first-order valence-corrected chi connectivity index (χ1v) is 11.6. The quantitative estimate of drug-likeness (QED) is 0.367. The molecular formula is C26H24ClN5S. The zero-order chi connectivity index (χ0) is 23.1. The van der Waals surface area contributed by atoms with Crippen molar-refractivity contribution in [1.82, 2.24) is 19.9 Å². The number of benzene rings is 1. The highest BCUT2D eigenvalue weighted by molar-refractivity contribution is 7.80. The highest BCUT2D eigenvalue weighted by Crippen LogP contribution is 2.43. The van der Waals surface area contributed by atoms with Crippen molar-refractivity contribution in [3.63, 3.8) is 0 Å². The Bertz CT molecular complexity index is 1320. The lowest BCUT2D eigenvalue weighted by atomic mass is 9.96. The van der Waals surface area contributed by atoms with Crippen LogP contribution in [0.3, 0.4) is 0 Å². The molecule has 166 valence electrons. The second-order valence-electron chi connectivity index (χ2n) is 8.33. The molecule has 1 N–H and O–H groups in total. The zero-order valence-electron chi connectivity index (χ0n) is 18.7. The highest BCUT2D eigenvalue weighted by atomic mass is 35.5. The molecule has 0 radical (unpaired) electrons. The molecule has 1 fully saturated rings. The zero-order valence-corrected chi connectivity index (χ0v) is 20.2. The maximum Gasteiger partial charge on any atom is 0.174 e. The maximum atomic E-state index is 6.18. The number of aromatic nitrogens is 3. The summed E-state index contributed by atoms with van der Waals surface area (Å²) in [4.78, 5) is 11.5. The van der Waals surface area contributed by atoms with Crippen molar-refractivity contribution in [2.75, 3.05) is 4.90 Å². The summed E-state index contributed by atoms with van der Waals surface area (Å²) in [7, 11) is 0. The summed E-state index contributed by atoms with van der Waals surface area (Å²) in [5.41, 5.74) is 6.52. The molecular weight excluding hydrogens is 450 g/mol. The minimum Gasteiger partial charge on any atom is -0.351 e. The van der Waals surface area contributed by atoms with Crippen LogP contribution in [0.1, 0.15) is 40.3 Å². The minimum absolute atomic E-state index is 0.0849. The van der Waals surface area contributed by atoms with Crippen LogP contribution in [0.5, 0.6) is 0 Å². The van der Waals surface area contributed by atoms with Crippen LogP contribution in [-0.2, 0) is 0 Å². The van der Waals surface area contributed by atoms with Crippen LogP contribution in [-0.4, -0.2) is 19.6 Å². The maximum absolute atomic E-state index is 6.18. The van der Waals surface area contributed by atoms with Crippen molar-refractivity contribution in [3.05, 3.63) is 106 Å². The normalized spacial score (nSPS) is 17.9. The number of anilines is 1. The van der Waals surface area contributed by atoms with Gasteiger partial charge in [-0.3, -0.25) is 4.98 Å². The van der Waals surface area contributed by atoms with Gasteiger partial charge in [-0.2, -0.15) is 0 Å². The summed E-state index contributed by atoms with van der Waals surface area (Å²) in [6.45, 7) is 6.34. The van der Waals surface area contributed by atoms with E-state index in [9.17, 15) is 0 Å². The summed E-state index contributed by atoms with van der Waals surface area (Å²) in [5.74, 6) is 0.914. The van der Waals surface area contributed by atoms with Crippen LogP contribution < -0.4 is 10.2 Å². The summed E-state index contributed by atoms with van der Waals surface area (Å²) in [6, 6.07) is 19.9. The molecule has 33 heavy (non-hydrogen) atoms. The Hall–Kier alpha value is -3.22. The number of aryl methyl sites for hydroxylation is 2. The van der Waals surface area contributed by atoms with E-state index in [-0.39, 0.29) is 12.1 Å². The lowest BCUT2D eigenvalue weighted by Gasteiger charge is -2.28. The van der Waals surface area contributed by atoms with E-state index in [4.69, 9.17) is 23.8 Å². The van der Waals surface area contributed by atoms with Gasteiger partial charge in [0.25, 0.3) is 0 Å². The molecule has 7 heteroatoms. The predicted octanol–water partition coefficient (Wildman–Crippen LogP) is 6.02. The van der Waals surface area contributed by atoms with Gasteiger partial charge in [0, 0.05) is 34.5 Å². The molecule has 4 aromatic rings. The average Bonchev–Trinajstić information content (AvgIpc) is 3.30. The molecule has 5 rings (SSSR count). The van der Waals surface area contributed by atoms with Crippen molar-refractivity contribution in [2.45, 2.75) is 32.9 Å². The fourth-order valence-corrected chi connectivity index (χ4v) is 5.10. The van der Waals surface area contributed by atoms with Crippen LogP contribution in [0.15, 0.2) is 73.1 Å². The SMILES string of the molecule is Cc1ccnc(-n2c(C)cc([C@@H]3[C@H](c4ccccn4)NC(=S)N3c3ccc(Cl)cc3)c2C)c1. The van der Waals surface area contributed by atoms with Gasteiger partial charge in [-0.05, 0) is 98.7 Å². The standard InChI is InChI=1S/C26H24ClN5S/c1-16-11-13-29-23(14-16)31-17(2)15-21(18(31)3)25-24(22-6-4-5-12-28-22)30-26(33)32(25)20-9-7-19(27)8-10-20/h4-15,24-25H,1-3H3,(H,30,33)/t24-,25+/m0/s1. The Balaban J connectivity index is 1.68. The van der Waals surface area contributed by atoms with Crippen LogP contribution >= 0.6 is 23.8 Å². The average molecular weight is 474 g/mol. The van der Waals surface area contributed by atoms with Gasteiger partial charge in [-0.15, -0.1) is 0 Å². The van der Waals surface area contributed by atoms with Gasteiger partial charge < -0.3 is 14.8 Å². The third-order valence-corrected chi connectivity index (χ3v) is 6.69. The largest absolute Gasteiger partial charge is 0.351 e. The Kier molecular flexibility index (Phi) is 5.64. The molecule has 1 aliphatic rings. The number of halogens is 1. The Labute approximate surface area is 204 Å². The Morgan fingerprint density at radius 3 is 2.42 bits per heavy atom. The number of hydrogen-bond donors (Lipinski definition) is 1. The first-order chi connectivity index (χ1) is 15.9. The second kappa shape index (κ2) is 8.61. The van der Waals surface area contributed by atoms with E-state index in [0.717, 1.165) is 28.6 Å². The van der Waals surface area contributed by atoms with Crippen LogP contribution in [0.2, 0.25) is 5.02 Å². The molecule has 0 bridgehead atoms. The molecule has 1 aromatic carbocycles. The number of thiocarbonyl (C=S) groups is 1. The van der Waals surface area contributed by atoms with Gasteiger partial charge >= 0.3 is 0 Å². The molecule has 1 saturated heterocycles. The van der Waals surface area contributed by atoms with Crippen molar-refractivity contribution in [3.8, 4) is 5.82 Å². The van der Waals surface area contributed by atoms with Crippen LogP contribution in [0, 0.1) is 20.8 Å². The Morgan fingerprint density at radius 2 is 1.73 bits per heavy atom. The molecule has 2 atom stereocenters. The molecule has 0 aliphatic carbocycles. The highest BCUT2D eigenvalue weighted by Gasteiger charge is 2.42. The van der Waals surface area contributed by atoms with E-state index in [1.54, 1.807) is 0 Å². The van der Waals surface area contributed by atoms with E-state index < -0.39 is 0 Å². The molecule has 3 aromatic heterocycles. The van der Waals surface area contributed by atoms with Crippen molar-refractivity contribution < 1.29 is 0 Å². The number of pyridine rings is 2. The van der Waals surface area contributed by atoms with Crippen molar-refractivity contribution in [1.29, 1.82) is 0 Å². The first kappa shape index (κ1) is 21.6. The van der Waals surface area contributed by atoms with E-state index in [2.05, 4.69) is 57.7 Å². The number of hydrogen-bond acceptors (Lipinski definition) is 3. The molecule has 5 nitrogen and oxygen atoms in total. The van der Waals surface area contributed by atoms with E-state index >= 15 is 0 Å². The summed E-state index contributed by atoms with van der Waals surface area (Å²) >= 11 is 12.0. The molecule has 0 amide bonds. The summed E-state index contributed by atoms with van der Waals surface area (Å²) < 4.78 is 2.21. The lowest BCUT2D eigenvalue weighted by Crippen LogP contribution is -2.29. The van der Waals surface area contributed by atoms with Crippen molar-refractivity contribution in [2.24, 2.45) is 0 Å². The lowest BCUT2D eigenvalue weighted by molar-refractivity contribution is 0.565. The molecule has 0 spiro atoms. The third kappa shape index (κ3) is 3.90. The third-order valence-electron chi connectivity index (χ3n) is 6.12. The first-order valence-electron chi connectivity index (χ1n) is 10.8. The van der Waals surface area contributed by atoms with Gasteiger partial charge in [-0.25, -0.2) is 4.98 Å². The molecule has 4 heterocycles. The smallest absolute Gasteiger partial charge is 0.174 e. The van der Waals surface area contributed by atoms with E-state index in [1.165, 1.54) is 11.1 Å². The number of nitrogens with one attached hydrogen (secondary N) is 1. The molecule has 0 saturated carbocycles. The number of nitrogens with zero attached hydrogens (tertiary/aromatic N) is 4. The molecule has 0 unspecified atom stereocenters. The fourth-order valence-electron chi connectivity index (χ4n) is 4.63. The van der Waals surface area contributed by atoms with Gasteiger partial charge in [0.2, 0.25) is 0 Å². The van der Waals surface area contributed by atoms with Gasteiger partial charge in [0.1, 0.15) is 5.82 Å². The topological polar surface area (TPSA) is 46.0 Å². The second-order valence-corrected chi connectivity index (χ2v) is 9.15. The van der Waals surface area contributed by atoms with Crippen LogP contribution in [0.25, 0.3) is 5.82 Å². The molecule has 1 aliphatic heterocycles. The van der Waals surface area contributed by atoms with E-state index in [0.29, 0.717) is 10.1 Å². The fraction of sp³-hybridized carbons (Fsp3) is 0.192. The summed E-state index contributed by atoms with van der Waals surface area (Å²) in [6.07, 6.45) is 3.67. The van der Waals surface area contributed by atoms with Crippen molar-refractivity contribution >= 4 is 34.6 Å². The van der Waals surface area contributed by atoms with Gasteiger partial charge in [0.15, 0.2) is 5.11 Å². The Morgan fingerprint density at radius 1 is 0.939 bits per heavy atom. The van der Waals surface area contributed by atoms with Gasteiger partial charge in [0.05, 0.1) is 17.8 Å². The van der Waals surface area contributed by atoms with Gasteiger partial charge in [-0.1, -0.05) is 17.7 Å². The van der Waals surface area contributed by atoms with Crippen LogP contribution in [0.4, 0.5) is 5.69 Å². The predicted molar refractivity (Wildman–Crippen MR) is 137 cm³/mol. The monoisotopic (exact) mass is 473 g/mol. The number of rotatable bonds is 4.